The summed E-state index contributed by atoms with van der Waals surface area (Å²) in [6.07, 6.45) is 10.2. The Morgan fingerprint density at radius 2 is 2.41 bits per heavy atom. The molecule has 2 unspecified atom stereocenters. The number of aromatic nitrogens is 2. The molecule has 0 spiro atoms. The van der Waals surface area contributed by atoms with Crippen LogP contribution in [0.5, 0.6) is 0 Å². The second-order valence-corrected chi connectivity index (χ2v) is 5.84. The molecule has 1 aliphatic rings. The number of hydrogen-bond acceptors (Lipinski definition) is 2. The summed E-state index contributed by atoms with van der Waals surface area (Å²) in [4.78, 5) is 4.45. The van der Waals surface area contributed by atoms with Gasteiger partial charge in [-0.1, -0.05) is 13.8 Å². The van der Waals surface area contributed by atoms with Crippen molar-refractivity contribution in [3.63, 3.8) is 0 Å². The smallest absolute Gasteiger partial charge is 0.108 e. The van der Waals surface area contributed by atoms with Gasteiger partial charge in [0.1, 0.15) is 5.82 Å². The molecule has 3 heteroatoms. The molecule has 0 aliphatic heterocycles. The first-order valence-corrected chi connectivity index (χ1v) is 6.82. The highest BCUT2D eigenvalue weighted by Crippen LogP contribution is 2.40. The van der Waals surface area contributed by atoms with Crippen molar-refractivity contribution in [1.82, 2.24) is 14.9 Å². The summed E-state index contributed by atoms with van der Waals surface area (Å²) in [6.45, 7) is 5.80. The molecule has 0 aromatic carbocycles. The van der Waals surface area contributed by atoms with Crippen LogP contribution in [0.4, 0.5) is 0 Å². The van der Waals surface area contributed by atoms with Crippen molar-refractivity contribution in [1.29, 1.82) is 0 Å². The molecule has 1 N–H and O–H groups in total. The van der Waals surface area contributed by atoms with Crippen LogP contribution in [0, 0.1) is 5.41 Å². The molecular formula is C14H25N3. The molecule has 1 heterocycles. The fourth-order valence-corrected chi connectivity index (χ4v) is 2.95. The van der Waals surface area contributed by atoms with Gasteiger partial charge in [0, 0.05) is 31.9 Å². The third kappa shape index (κ3) is 3.09. The second-order valence-electron chi connectivity index (χ2n) is 5.84. The lowest BCUT2D eigenvalue weighted by Crippen LogP contribution is -2.29. The van der Waals surface area contributed by atoms with Gasteiger partial charge in [0.25, 0.3) is 0 Å². The Kier molecular flexibility index (Phi) is 3.87. The number of imidazole rings is 1. The maximum absolute atomic E-state index is 4.45. The van der Waals surface area contributed by atoms with E-state index in [0.29, 0.717) is 5.41 Å². The van der Waals surface area contributed by atoms with Crippen LogP contribution in [0.2, 0.25) is 0 Å². The van der Waals surface area contributed by atoms with E-state index in [0.717, 1.165) is 19.0 Å². The molecule has 96 valence electrons. The van der Waals surface area contributed by atoms with Crippen LogP contribution in [-0.4, -0.2) is 22.1 Å². The molecule has 3 nitrogen and oxygen atoms in total. The van der Waals surface area contributed by atoms with Gasteiger partial charge in [-0.15, -0.1) is 0 Å². The summed E-state index contributed by atoms with van der Waals surface area (Å²) >= 11 is 0. The minimum Gasteiger partial charge on any atom is -0.338 e. The average Bonchev–Trinajstić information content (AvgIpc) is 2.84. The van der Waals surface area contributed by atoms with E-state index < -0.39 is 0 Å². The molecular weight excluding hydrogens is 210 g/mol. The van der Waals surface area contributed by atoms with E-state index in [-0.39, 0.29) is 0 Å². The molecule has 2 rings (SSSR count). The quantitative estimate of drug-likeness (QED) is 0.850. The molecule has 1 aromatic heterocycles. The van der Waals surface area contributed by atoms with E-state index >= 15 is 0 Å². The maximum Gasteiger partial charge on any atom is 0.108 e. The van der Waals surface area contributed by atoms with Gasteiger partial charge < -0.3 is 9.88 Å². The van der Waals surface area contributed by atoms with Gasteiger partial charge in [0.05, 0.1) is 0 Å². The predicted octanol–water partition coefficient (Wildman–Crippen LogP) is 2.52. The highest BCUT2D eigenvalue weighted by atomic mass is 15.0. The van der Waals surface area contributed by atoms with Crippen molar-refractivity contribution in [2.24, 2.45) is 12.5 Å². The monoisotopic (exact) mass is 235 g/mol. The van der Waals surface area contributed by atoms with Crippen LogP contribution in [0.1, 0.15) is 45.4 Å². The zero-order valence-corrected chi connectivity index (χ0v) is 11.4. The summed E-state index contributed by atoms with van der Waals surface area (Å²) in [7, 11) is 2.09. The first-order chi connectivity index (χ1) is 8.13. The van der Waals surface area contributed by atoms with Crippen molar-refractivity contribution in [3.8, 4) is 0 Å². The topological polar surface area (TPSA) is 29.9 Å². The zero-order chi connectivity index (χ0) is 12.3. The van der Waals surface area contributed by atoms with Gasteiger partial charge in [0.2, 0.25) is 0 Å². The Morgan fingerprint density at radius 1 is 1.59 bits per heavy atom. The molecule has 1 fully saturated rings. The number of nitrogens with one attached hydrogen (secondary N) is 1. The first-order valence-electron chi connectivity index (χ1n) is 6.82. The van der Waals surface area contributed by atoms with Gasteiger partial charge in [-0.05, 0) is 37.6 Å². The highest BCUT2D eigenvalue weighted by molar-refractivity contribution is 5.00. The Balaban J connectivity index is 1.91. The lowest BCUT2D eigenvalue weighted by Gasteiger charge is -2.24. The largest absolute Gasteiger partial charge is 0.338 e. The van der Waals surface area contributed by atoms with Gasteiger partial charge >= 0.3 is 0 Å². The second kappa shape index (κ2) is 5.21. The Labute approximate surface area is 105 Å². The molecule has 1 saturated carbocycles. The van der Waals surface area contributed by atoms with Crippen molar-refractivity contribution in [2.45, 2.75) is 52.0 Å². The van der Waals surface area contributed by atoms with Crippen LogP contribution < -0.4 is 5.32 Å². The minimum atomic E-state index is 0.435. The number of hydrogen-bond donors (Lipinski definition) is 1. The molecule has 17 heavy (non-hydrogen) atoms. The Morgan fingerprint density at radius 3 is 3.06 bits per heavy atom. The minimum absolute atomic E-state index is 0.435. The van der Waals surface area contributed by atoms with E-state index in [2.05, 4.69) is 35.8 Å². The van der Waals surface area contributed by atoms with Crippen LogP contribution >= 0.6 is 0 Å². The third-order valence-corrected chi connectivity index (χ3v) is 4.02. The number of aryl methyl sites for hydroxylation is 1. The summed E-state index contributed by atoms with van der Waals surface area (Å²) in [5.74, 6) is 1.23. The Hall–Kier alpha value is -0.830. The normalized spacial score (nSPS) is 28.8. The van der Waals surface area contributed by atoms with E-state index in [9.17, 15) is 0 Å². The maximum atomic E-state index is 4.45. The predicted molar refractivity (Wildman–Crippen MR) is 71.0 cm³/mol. The van der Waals surface area contributed by atoms with Crippen LogP contribution in [0.25, 0.3) is 0 Å². The van der Waals surface area contributed by atoms with Gasteiger partial charge in [-0.25, -0.2) is 4.98 Å². The summed E-state index contributed by atoms with van der Waals surface area (Å²) in [5, 5.41) is 3.65. The molecule has 0 saturated heterocycles. The van der Waals surface area contributed by atoms with Crippen molar-refractivity contribution in [2.75, 3.05) is 6.54 Å². The fourth-order valence-electron chi connectivity index (χ4n) is 2.95. The third-order valence-electron chi connectivity index (χ3n) is 4.02. The lowest BCUT2D eigenvalue weighted by atomic mass is 9.84. The fraction of sp³-hybridized carbons (Fsp3) is 0.786. The average molecular weight is 235 g/mol. The standard InChI is InChI=1S/C14H25N3/c1-4-7-15-12-5-6-14(2,10-12)11-13-16-8-9-17(13)3/h8-9,12,15H,4-7,10-11H2,1-3H3. The van der Waals surface area contributed by atoms with E-state index in [1.165, 1.54) is 31.5 Å². The van der Waals surface area contributed by atoms with E-state index in [1.807, 2.05) is 12.4 Å². The van der Waals surface area contributed by atoms with Crippen LogP contribution in [0.15, 0.2) is 12.4 Å². The molecule has 1 aromatic rings. The number of rotatable bonds is 5. The van der Waals surface area contributed by atoms with Crippen LogP contribution in [0.3, 0.4) is 0 Å². The molecule has 0 radical (unpaired) electrons. The molecule has 0 bridgehead atoms. The van der Waals surface area contributed by atoms with Crippen molar-refractivity contribution >= 4 is 0 Å². The molecule has 2 atom stereocenters. The summed E-state index contributed by atoms with van der Waals surface area (Å²) in [6, 6.07) is 0.722. The van der Waals surface area contributed by atoms with Gasteiger partial charge in [0.15, 0.2) is 0 Å². The van der Waals surface area contributed by atoms with Crippen molar-refractivity contribution < 1.29 is 0 Å². The van der Waals surface area contributed by atoms with Crippen LogP contribution in [-0.2, 0) is 13.5 Å². The van der Waals surface area contributed by atoms with E-state index in [4.69, 9.17) is 0 Å². The summed E-state index contributed by atoms with van der Waals surface area (Å²) < 4.78 is 2.15. The van der Waals surface area contributed by atoms with E-state index in [1.54, 1.807) is 0 Å². The summed E-state index contributed by atoms with van der Waals surface area (Å²) in [5.41, 5.74) is 0.435. The highest BCUT2D eigenvalue weighted by Gasteiger charge is 2.35. The van der Waals surface area contributed by atoms with Gasteiger partial charge in [-0.2, -0.15) is 0 Å². The first kappa shape index (κ1) is 12.6. The molecule has 0 amide bonds. The zero-order valence-electron chi connectivity index (χ0n) is 11.4. The number of nitrogens with zero attached hydrogens (tertiary/aromatic N) is 2. The molecule has 1 aliphatic carbocycles. The van der Waals surface area contributed by atoms with Gasteiger partial charge in [-0.3, -0.25) is 0 Å². The SMILES string of the molecule is CCCNC1CCC(C)(Cc2nccn2C)C1. The van der Waals surface area contributed by atoms with Crippen molar-refractivity contribution in [3.05, 3.63) is 18.2 Å². The lowest BCUT2D eigenvalue weighted by molar-refractivity contribution is 0.312. The Bertz CT molecular complexity index is 358.